The highest BCUT2D eigenvalue weighted by atomic mass is 32.1. The van der Waals surface area contributed by atoms with Crippen molar-refractivity contribution in [3.63, 3.8) is 0 Å². The Morgan fingerprint density at radius 2 is 1.87 bits per heavy atom. The van der Waals surface area contributed by atoms with Gasteiger partial charge in [-0.15, -0.1) is 16.8 Å². The standard InChI is InChI=1S/C29H32N4O4S/c1-5-9-22-10-7-8-11-24(22)36-14-15-37-25-13-12-21(18-26(25)35-6-2)17-23(19-30)28(34)31-29-33-32-27(38-29)16-20(3)4/h5,7-8,10-13,17-18,20H,1,6,9,14-16H2,2-4H3,(H,31,33,34). The van der Waals surface area contributed by atoms with Crippen molar-refractivity contribution in [2.45, 2.75) is 33.6 Å². The predicted octanol–water partition coefficient (Wildman–Crippen LogP) is 5.87. The summed E-state index contributed by atoms with van der Waals surface area (Å²) in [7, 11) is 0. The van der Waals surface area contributed by atoms with E-state index in [9.17, 15) is 10.1 Å². The number of allylic oxidation sites excluding steroid dienone is 1. The van der Waals surface area contributed by atoms with Gasteiger partial charge in [-0.05, 0) is 54.7 Å². The Bertz CT molecular complexity index is 1310. The predicted molar refractivity (Wildman–Crippen MR) is 150 cm³/mol. The second kappa shape index (κ2) is 14.5. The van der Waals surface area contributed by atoms with E-state index >= 15 is 0 Å². The lowest BCUT2D eigenvalue weighted by atomic mass is 10.1. The number of anilines is 1. The van der Waals surface area contributed by atoms with Crippen molar-refractivity contribution in [3.8, 4) is 23.3 Å². The van der Waals surface area contributed by atoms with Crippen LogP contribution >= 0.6 is 11.3 Å². The Labute approximate surface area is 227 Å². The number of amides is 1. The SMILES string of the molecule is C=CCc1ccccc1OCCOc1ccc(C=C(C#N)C(=O)Nc2nnc(CC(C)C)s2)cc1OCC. The lowest BCUT2D eigenvalue weighted by molar-refractivity contribution is -0.112. The van der Waals surface area contributed by atoms with Gasteiger partial charge in [-0.3, -0.25) is 10.1 Å². The van der Waals surface area contributed by atoms with Crippen LogP contribution in [-0.4, -0.2) is 35.9 Å². The van der Waals surface area contributed by atoms with Crippen LogP contribution in [0.3, 0.4) is 0 Å². The summed E-state index contributed by atoms with van der Waals surface area (Å²) in [4.78, 5) is 12.7. The summed E-state index contributed by atoms with van der Waals surface area (Å²) >= 11 is 1.30. The van der Waals surface area contributed by atoms with E-state index in [2.05, 4.69) is 35.9 Å². The van der Waals surface area contributed by atoms with Crippen LogP contribution in [0.5, 0.6) is 17.2 Å². The van der Waals surface area contributed by atoms with E-state index in [1.807, 2.05) is 43.3 Å². The van der Waals surface area contributed by atoms with E-state index in [4.69, 9.17) is 14.2 Å². The second-order valence-electron chi connectivity index (χ2n) is 8.66. The van der Waals surface area contributed by atoms with Gasteiger partial charge < -0.3 is 14.2 Å². The van der Waals surface area contributed by atoms with Crippen molar-refractivity contribution in [1.82, 2.24) is 10.2 Å². The number of benzene rings is 2. The molecule has 0 aliphatic carbocycles. The van der Waals surface area contributed by atoms with Crippen LogP contribution in [-0.2, 0) is 17.6 Å². The number of nitrogens with one attached hydrogen (secondary N) is 1. The van der Waals surface area contributed by atoms with Crippen LogP contribution in [0.15, 0.2) is 60.7 Å². The fraction of sp³-hybridized carbons (Fsp3) is 0.310. The molecule has 0 saturated heterocycles. The molecule has 8 nitrogen and oxygen atoms in total. The number of nitrogens with zero attached hydrogens (tertiary/aromatic N) is 3. The Balaban J connectivity index is 1.64. The highest BCUT2D eigenvalue weighted by Gasteiger charge is 2.14. The molecule has 0 radical (unpaired) electrons. The van der Waals surface area contributed by atoms with Gasteiger partial charge in [0, 0.05) is 6.42 Å². The van der Waals surface area contributed by atoms with E-state index < -0.39 is 5.91 Å². The number of para-hydroxylation sites is 1. The third-order valence-corrected chi connectivity index (χ3v) is 6.01. The number of ether oxygens (including phenoxy) is 3. The minimum Gasteiger partial charge on any atom is -0.490 e. The van der Waals surface area contributed by atoms with Crippen LogP contribution in [0.25, 0.3) is 6.08 Å². The van der Waals surface area contributed by atoms with Gasteiger partial charge in [-0.25, -0.2) is 0 Å². The topological polar surface area (TPSA) is 106 Å². The zero-order chi connectivity index (χ0) is 27.3. The van der Waals surface area contributed by atoms with Crippen LogP contribution in [0.4, 0.5) is 5.13 Å². The van der Waals surface area contributed by atoms with E-state index in [0.29, 0.717) is 47.9 Å². The second-order valence-corrected chi connectivity index (χ2v) is 9.72. The molecule has 1 amide bonds. The first kappa shape index (κ1) is 28.4. The molecule has 198 valence electrons. The first-order valence-electron chi connectivity index (χ1n) is 12.4. The molecule has 3 aromatic rings. The van der Waals surface area contributed by atoms with E-state index in [-0.39, 0.29) is 5.57 Å². The molecule has 0 spiro atoms. The number of hydrogen-bond donors (Lipinski definition) is 1. The maximum atomic E-state index is 12.7. The van der Waals surface area contributed by atoms with E-state index in [1.165, 1.54) is 17.4 Å². The highest BCUT2D eigenvalue weighted by Crippen LogP contribution is 2.30. The largest absolute Gasteiger partial charge is 0.490 e. The Hall–Kier alpha value is -4.16. The first-order valence-corrected chi connectivity index (χ1v) is 13.2. The van der Waals surface area contributed by atoms with Gasteiger partial charge in [0.25, 0.3) is 5.91 Å². The number of rotatable bonds is 14. The number of hydrogen-bond acceptors (Lipinski definition) is 8. The van der Waals surface area contributed by atoms with Crippen molar-refractivity contribution in [2.24, 2.45) is 5.92 Å². The van der Waals surface area contributed by atoms with Crippen LogP contribution in [0.1, 0.15) is 36.9 Å². The van der Waals surface area contributed by atoms with Crippen molar-refractivity contribution >= 4 is 28.5 Å². The molecule has 0 bridgehead atoms. The monoisotopic (exact) mass is 532 g/mol. The third kappa shape index (κ3) is 8.46. The van der Waals surface area contributed by atoms with Gasteiger partial charge in [0.1, 0.15) is 35.6 Å². The third-order valence-electron chi connectivity index (χ3n) is 5.15. The summed E-state index contributed by atoms with van der Waals surface area (Å²) in [6, 6.07) is 15.0. The van der Waals surface area contributed by atoms with Crippen molar-refractivity contribution in [1.29, 1.82) is 5.26 Å². The van der Waals surface area contributed by atoms with Gasteiger partial charge >= 0.3 is 0 Å². The number of aromatic nitrogens is 2. The molecule has 0 unspecified atom stereocenters. The molecular formula is C29H32N4O4S. The van der Waals surface area contributed by atoms with Crippen LogP contribution in [0, 0.1) is 17.2 Å². The maximum Gasteiger partial charge on any atom is 0.268 e. The molecule has 3 rings (SSSR count). The average Bonchev–Trinajstić information content (AvgIpc) is 3.33. The summed E-state index contributed by atoms with van der Waals surface area (Å²) in [5.74, 6) is 1.73. The van der Waals surface area contributed by atoms with Crippen LogP contribution < -0.4 is 19.5 Å². The Kier molecular flexibility index (Phi) is 10.9. The number of nitriles is 1. The fourth-order valence-corrected chi connectivity index (χ4v) is 4.44. The summed E-state index contributed by atoms with van der Waals surface area (Å²) in [5, 5.41) is 21.5. The highest BCUT2D eigenvalue weighted by molar-refractivity contribution is 7.15. The van der Waals surface area contributed by atoms with Gasteiger partial charge in [0.15, 0.2) is 11.5 Å². The number of carbonyl (C=O) groups excluding carboxylic acids is 1. The Morgan fingerprint density at radius 1 is 1.11 bits per heavy atom. The van der Waals surface area contributed by atoms with Crippen molar-refractivity contribution in [3.05, 3.63) is 76.8 Å². The molecule has 9 heteroatoms. The molecular weight excluding hydrogens is 500 g/mol. The van der Waals surface area contributed by atoms with Crippen molar-refractivity contribution in [2.75, 3.05) is 25.1 Å². The smallest absolute Gasteiger partial charge is 0.268 e. The molecule has 1 N–H and O–H groups in total. The van der Waals surface area contributed by atoms with Gasteiger partial charge in [-0.1, -0.05) is 55.5 Å². The minimum atomic E-state index is -0.549. The van der Waals surface area contributed by atoms with Gasteiger partial charge in [0.05, 0.1) is 6.61 Å². The Morgan fingerprint density at radius 3 is 2.58 bits per heavy atom. The lowest BCUT2D eigenvalue weighted by Gasteiger charge is -2.14. The lowest BCUT2D eigenvalue weighted by Crippen LogP contribution is -2.13. The molecule has 0 aliphatic heterocycles. The molecule has 2 aromatic carbocycles. The molecule has 0 fully saturated rings. The normalized spacial score (nSPS) is 11.1. The van der Waals surface area contributed by atoms with E-state index in [1.54, 1.807) is 18.2 Å². The maximum absolute atomic E-state index is 12.7. The van der Waals surface area contributed by atoms with Crippen molar-refractivity contribution < 1.29 is 19.0 Å². The first-order chi connectivity index (χ1) is 18.4. The van der Waals surface area contributed by atoms with Crippen LogP contribution in [0.2, 0.25) is 0 Å². The number of carbonyl (C=O) groups is 1. The molecule has 1 heterocycles. The summed E-state index contributed by atoms with van der Waals surface area (Å²) in [6.45, 7) is 10.9. The minimum absolute atomic E-state index is 0.0617. The summed E-state index contributed by atoms with van der Waals surface area (Å²) < 4.78 is 17.5. The average molecular weight is 533 g/mol. The molecule has 0 atom stereocenters. The molecule has 0 saturated carbocycles. The zero-order valence-electron chi connectivity index (χ0n) is 21.9. The summed E-state index contributed by atoms with van der Waals surface area (Å²) in [6.07, 6.45) is 4.84. The zero-order valence-corrected chi connectivity index (χ0v) is 22.7. The van der Waals surface area contributed by atoms with E-state index in [0.717, 1.165) is 29.2 Å². The molecule has 1 aromatic heterocycles. The molecule has 0 aliphatic rings. The summed E-state index contributed by atoms with van der Waals surface area (Å²) in [5.41, 5.74) is 1.63. The quantitative estimate of drug-likeness (QED) is 0.120. The fourth-order valence-electron chi connectivity index (χ4n) is 3.49. The van der Waals surface area contributed by atoms with Gasteiger partial charge in [0.2, 0.25) is 5.13 Å². The molecule has 38 heavy (non-hydrogen) atoms. The van der Waals surface area contributed by atoms with Gasteiger partial charge in [-0.2, -0.15) is 5.26 Å².